The largest absolute Gasteiger partial charge is 0.310 e. The summed E-state index contributed by atoms with van der Waals surface area (Å²) in [4.78, 5) is 6.97. The van der Waals surface area contributed by atoms with Gasteiger partial charge in [-0.15, -0.1) is 0 Å². The van der Waals surface area contributed by atoms with Crippen molar-refractivity contribution >= 4 is 107 Å². The summed E-state index contributed by atoms with van der Waals surface area (Å²) in [6.45, 7) is 12.9. The minimum absolute atomic E-state index is 0.749. The number of aryl methyl sites for hydroxylation is 6. The maximum absolute atomic E-state index is 17.0. The van der Waals surface area contributed by atoms with E-state index < -0.39 is 7.14 Å². The van der Waals surface area contributed by atoms with Crippen LogP contribution in [0.4, 0.5) is 51.2 Å². The van der Waals surface area contributed by atoms with Gasteiger partial charge in [-0.25, -0.2) is 0 Å². The fourth-order valence-corrected chi connectivity index (χ4v) is 13.7. The first-order valence-corrected chi connectivity index (χ1v) is 28.2. The van der Waals surface area contributed by atoms with Crippen LogP contribution in [0, 0.1) is 41.5 Å². The summed E-state index contributed by atoms with van der Waals surface area (Å²) in [5.41, 5.74) is 16.6. The van der Waals surface area contributed by atoms with Crippen LogP contribution in [-0.2, 0) is 4.57 Å². The van der Waals surface area contributed by atoms with Crippen molar-refractivity contribution in [2.24, 2.45) is 0 Å². The first-order valence-electron chi connectivity index (χ1n) is 26.5. The molecule has 0 N–H and O–H groups in total. The molecule has 0 aliphatic rings. The normalized spacial score (nSPS) is 11.6. The number of fused-ring (bicyclic) bond motifs is 3. The van der Waals surface area contributed by atoms with E-state index in [1.807, 2.05) is 0 Å². The van der Waals surface area contributed by atoms with E-state index in [0.717, 1.165) is 67.1 Å². The van der Waals surface area contributed by atoms with Gasteiger partial charge in [0.05, 0.1) is 17.1 Å². The zero-order chi connectivity index (χ0) is 52.8. The highest BCUT2D eigenvalue weighted by molar-refractivity contribution is 7.85. The average Bonchev–Trinajstić information content (AvgIpc) is 3.49. The minimum Gasteiger partial charge on any atom is -0.310 e. The Hall–Kier alpha value is -8.95. The summed E-state index contributed by atoms with van der Waals surface area (Å²) in [6.07, 6.45) is 0. The monoisotopic (exact) mass is 1010 g/mol. The third kappa shape index (κ3) is 9.05. The van der Waals surface area contributed by atoms with Crippen LogP contribution < -0.4 is 30.6 Å². The topological polar surface area (TPSA) is 26.8 Å². The maximum Gasteiger partial charge on any atom is 0.171 e. The third-order valence-corrected chi connectivity index (χ3v) is 18.4. The molecule has 0 aromatic heterocycles. The predicted octanol–water partition coefficient (Wildman–Crippen LogP) is 19.0. The van der Waals surface area contributed by atoms with Crippen LogP contribution in [0.2, 0.25) is 0 Å². The van der Waals surface area contributed by atoms with E-state index in [1.165, 1.54) is 65.7 Å². The van der Waals surface area contributed by atoms with Gasteiger partial charge in [0.2, 0.25) is 0 Å². The van der Waals surface area contributed by atoms with Gasteiger partial charge in [0, 0.05) is 66.2 Å². The molecule has 0 amide bonds. The van der Waals surface area contributed by atoms with Gasteiger partial charge in [-0.3, -0.25) is 0 Å². The molecule has 0 saturated carbocycles. The molecule has 4 nitrogen and oxygen atoms in total. The number of hydrogen-bond donors (Lipinski definition) is 0. The van der Waals surface area contributed by atoms with E-state index >= 15 is 4.57 Å². The average molecular weight is 1010 g/mol. The highest BCUT2D eigenvalue weighted by Crippen LogP contribution is 2.48. The number of rotatable bonds is 12. The van der Waals surface area contributed by atoms with E-state index in [0.29, 0.717) is 0 Å². The summed E-state index contributed by atoms with van der Waals surface area (Å²) < 4.78 is 17.0. The molecule has 0 saturated heterocycles. The van der Waals surface area contributed by atoms with Gasteiger partial charge >= 0.3 is 0 Å². The lowest BCUT2D eigenvalue weighted by Crippen LogP contribution is -2.26. The van der Waals surface area contributed by atoms with Gasteiger partial charge in [0.1, 0.15) is 0 Å². The van der Waals surface area contributed by atoms with Gasteiger partial charge in [-0.1, -0.05) is 144 Å². The summed E-state index contributed by atoms with van der Waals surface area (Å²) in [7, 11) is -3.57. The van der Waals surface area contributed by atoms with Gasteiger partial charge in [-0.2, -0.15) is 0 Å². The second kappa shape index (κ2) is 20.3. The fourth-order valence-electron chi connectivity index (χ4n) is 11.1. The molecule has 0 fully saturated rings. The Kier molecular flexibility index (Phi) is 12.9. The third-order valence-electron chi connectivity index (χ3n) is 15.4. The van der Waals surface area contributed by atoms with Crippen LogP contribution >= 0.6 is 7.14 Å². The van der Waals surface area contributed by atoms with Crippen molar-refractivity contribution in [3.05, 3.63) is 288 Å². The molecule has 0 spiro atoms. The molecular formula is C72H60N3OP. The van der Waals surface area contributed by atoms with E-state index in [1.54, 1.807) is 0 Å². The summed E-state index contributed by atoms with van der Waals surface area (Å²) in [5.74, 6) is 0. The summed E-state index contributed by atoms with van der Waals surface area (Å²) >= 11 is 0. The van der Waals surface area contributed by atoms with Crippen LogP contribution in [0.3, 0.4) is 0 Å². The van der Waals surface area contributed by atoms with Gasteiger partial charge in [-0.05, 0) is 202 Å². The van der Waals surface area contributed by atoms with Crippen molar-refractivity contribution < 1.29 is 4.57 Å². The van der Waals surface area contributed by atoms with Crippen molar-refractivity contribution in [1.82, 2.24) is 0 Å². The van der Waals surface area contributed by atoms with Gasteiger partial charge in [0.15, 0.2) is 7.14 Å². The second-order valence-electron chi connectivity index (χ2n) is 20.5. The Balaban J connectivity index is 1.02. The van der Waals surface area contributed by atoms with Gasteiger partial charge in [0.25, 0.3) is 0 Å². The lowest BCUT2D eigenvalue weighted by molar-refractivity contribution is 0.592. The first kappa shape index (κ1) is 49.0. The highest BCUT2D eigenvalue weighted by Gasteiger charge is 2.32. The van der Waals surface area contributed by atoms with Crippen LogP contribution in [0.15, 0.2) is 255 Å². The van der Waals surface area contributed by atoms with Crippen molar-refractivity contribution in [2.45, 2.75) is 41.5 Å². The number of hydrogen-bond acceptors (Lipinski definition) is 4. The lowest BCUT2D eigenvalue weighted by Gasteiger charge is -2.29. The second-order valence-corrected chi connectivity index (χ2v) is 23.3. The smallest absolute Gasteiger partial charge is 0.171 e. The Morgan fingerprint density at radius 2 is 0.442 bits per heavy atom. The minimum atomic E-state index is -3.57. The molecule has 0 unspecified atom stereocenters. The SMILES string of the molecule is Cc1ccc(N(c2ccc(P(=O)(c3ccc(N(c4ccc(C)cc4)c4ccc(C)c5ccccc45)cc3)c3ccc(N(c4ccc(C)cc4)c4ccc(C)c5ccccc45)cc3)cc2)c2ccc(C)c3ccccc23)cc1. The Morgan fingerprint density at radius 1 is 0.234 bits per heavy atom. The molecule has 0 aliphatic heterocycles. The number of anilines is 9. The van der Waals surface area contributed by atoms with E-state index in [-0.39, 0.29) is 0 Å². The zero-order valence-corrected chi connectivity index (χ0v) is 45.3. The molecular weight excluding hydrogens is 954 g/mol. The standard InChI is InChI=1S/C72H60N3OP/c1-49-19-28-55(29-20-49)73(70-46-25-52(4)64-13-7-10-16-67(64)70)58-34-40-61(41-35-58)77(76,62-42-36-59(37-43-62)74(56-30-21-50(2)22-31-56)71-47-26-53(5)65-14-8-11-17-68(65)71)63-44-38-60(39-45-63)75(57-32-23-51(3)24-33-57)72-48-27-54(6)66-15-9-12-18-69(66)72/h7-48H,1-6H3. The van der Waals surface area contributed by atoms with Crippen LogP contribution in [0.1, 0.15) is 33.4 Å². The molecule has 12 rings (SSSR count). The predicted molar refractivity (Wildman–Crippen MR) is 331 cm³/mol. The Labute approximate surface area is 453 Å². The molecule has 374 valence electrons. The Morgan fingerprint density at radius 3 is 0.675 bits per heavy atom. The van der Waals surface area contributed by atoms with Crippen molar-refractivity contribution in [1.29, 1.82) is 0 Å². The lowest BCUT2D eigenvalue weighted by atomic mass is 10.0. The molecule has 0 atom stereocenters. The molecule has 0 heterocycles. The molecule has 12 aromatic rings. The van der Waals surface area contributed by atoms with Gasteiger partial charge < -0.3 is 19.3 Å². The van der Waals surface area contributed by atoms with Crippen LogP contribution in [0.25, 0.3) is 32.3 Å². The molecule has 0 radical (unpaired) electrons. The summed E-state index contributed by atoms with van der Waals surface area (Å²) in [5, 5.41) is 9.38. The zero-order valence-electron chi connectivity index (χ0n) is 44.4. The fraction of sp³-hybridized carbons (Fsp3) is 0.0833. The van der Waals surface area contributed by atoms with E-state index in [2.05, 4.69) is 311 Å². The molecule has 77 heavy (non-hydrogen) atoms. The molecule has 0 aliphatic carbocycles. The summed E-state index contributed by atoms with van der Waals surface area (Å²) in [6, 6.07) is 90.6. The first-order chi connectivity index (χ1) is 37.5. The van der Waals surface area contributed by atoms with Crippen molar-refractivity contribution in [3.8, 4) is 0 Å². The van der Waals surface area contributed by atoms with Crippen LogP contribution in [-0.4, -0.2) is 0 Å². The maximum atomic E-state index is 17.0. The van der Waals surface area contributed by atoms with E-state index in [9.17, 15) is 0 Å². The molecule has 12 aromatic carbocycles. The van der Waals surface area contributed by atoms with Crippen molar-refractivity contribution in [2.75, 3.05) is 14.7 Å². The van der Waals surface area contributed by atoms with Crippen molar-refractivity contribution in [3.63, 3.8) is 0 Å². The number of nitrogens with zero attached hydrogens (tertiary/aromatic N) is 3. The Bertz CT molecular complexity index is 3740. The molecule has 5 heteroatoms. The van der Waals surface area contributed by atoms with E-state index in [4.69, 9.17) is 0 Å². The number of benzene rings is 12. The highest BCUT2D eigenvalue weighted by atomic mass is 31.2. The molecule has 0 bridgehead atoms. The quantitative estimate of drug-likeness (QED) is 0.114. The van der Waals surface area contributed by atoms with Crippen LogP contribution in [0.5, 0.6) is 0 Å².